The Labute approximate surface area is 246 Å². The molecule has 0 saturated heterocycles. The van der Waals surface area contributed by atoms with Crippen LogP contribution in [0.15, 0.2) is 54.6 Å². The highest BCUT2D eigenvalue weighted by Crippen LogP contribution is 2.38. The summed E-state index contributed by atoms with van der Waals surface area (Å²) in [6.07, 6.45) is -4.11. The third-order valence-electron chi connectivity index (χ3n) is 6.33. The van der Waals surface area contributed by atoms with Crippen LogP contribution in [0, 0.1) is 5.82 Å². The summed E-state index contributed by atoms with van der Waals surface area (Å²) in [5.41, 5.74) is 0.000124. The van der Waals surface area contributed by atoms with E-state index in [9.17, 15) is 22.8 Å². The fourth-order valence-corrected chi connectivity index (χ4v) is 4.54. The number of carboxylic acid groups (broad SMARTS) is 1. The maximum absolute atomic E-state index is 15.1. The summed E-state index contributed by atoms with van der Waals surface area (Å²) >= 11 is 5.92. The first kappa shape index (κ1) is 32.5. The van der Waals surface area contributed by atoms with E-state index in [0.29, 0.717) is 29.2 Å². The number of halogens is 5. The van der Waals surface area contributed by atoms with E-state index in [-0.39, 0.29) is 42.3 Å². The van der Waals surface area contributed by atoms with E-state index in [0.717, 1.165) is 18.2 Å². The quantitative estimate of drug-likeness (QED) is 0.182. The van der Waals surface area contributed by atoms with Gasteiger partial charge in [-0.3, -0.25) is 9.59 Å². The van der Waals surface area contributed by atoms with Gasteiger partial charge in [-0.15, -0.1) is 0 Å². The van der Waals surface area contributed by atoms with Gasteiger partial charge in [-0.2, -0.15) is 13.2 Å². The highest BCUT2D eigenvalue weighted by atomic mass is 35.5. The number of nitrogens with zero attached hydrogens (tertiary/aromatic N) is 1. The van der Waals surface area contributed by atoms with Crippen LogP contribution in [0.25, 0.3) is 0 Å². The van der Waals surface area contributed by atoms with Gasteiger partial charge in [0.25, 0.3) is 5.91 Å². The van der Waals surface area contributed by atoms with Crippen molar-refractivity contribution in [3.05, 3.63) is 82.1 Å². The van der Waals surface area contributed by atoms with Gasteiger partial charge in [-0.05, 0) is 42.7 Å². The van der Waals surface area contributed by atoms with Crippen LogP contribution >= 0.6 is 11.6 Å². The summed E-state index contributed by atoms with van der Waals surface area (Å²) in [5, 5.41) is 11.9. The zero-order valence-corrected chi connectivity index (χ0v) is 24.0. The Kier molecular flexibility index (Phi) is 11.0. The summed E-state index contributed by atoms with van der Waals surface area (Å²) < 4.78 is 66.3. The molecule has 1 amide bonds. The summed E-state index contributed by atoms with van der Waals surface area (Å²) in [6.45, 7) is 4.21. The second kappa shape index (κ2) is 14.3. The number of methoxy groups -OCH3 is 1. The Bertz CT molecular complexity index is 1420. The van der Waals surface area contributed by atoms with Gasteiger partial charge in [-0.1, -0.05) is 37.6 Å². The minimum atomic E-state index is -4.60. The van der Waals surface area contributed by atoms with E-state index in [1.807, 2.05) is 13.8 Å². The first-order valence-corrected chi connectivity index (χ1v) is 13.6. The molecule has 7 nitrogen and oxygen atoms in total. The zero-order valence-electron chi connectivity index (χ0n) is 23.2. The number of hydrogen-bond acceptors (Lipinski definition) is 5. The second-order valence-corrected chi connectivity index (χ2v) is 9.50. The Hall–Kier alpha value is -3.99. The minimum Gasteiger partial charge on any atom is -0.497 e. The van der Waals surface area contributed by atoms with Crippen LogP contribution < -0.4 is 19.7 Å². The minimum absolute atomic E-state index is 0.0680. The van der Waals surface area contributed by atoms with Gasteiger partial charge in [0.15, 0.2) is 0 Å². The molecule has 4 rings (SSSR count). The highest BCUT2D eigenvalue weighted by Gasteiger charge is 2.36. The maximum Gasteiger partial charge on any atom is 0.416 e. The SMILES string of the molecule is CC.COc1cc(NC(C(=O)N2CCc3ccc(C(F)(F)F)cc32)c2ccc(Cl)cc2F)cc(OCCCC(=O)O)c1. The molecule has 0 aromatic heterocycles. The number of rotatable bonds is 10. The van der Waals surface area contributed by atoms with Crippen molar-refractivity contribution in [2.45, 2.75) is 45.3 Å². The van der Waals surface area contributed by atoms with E-state index < -0.39 is 35.5 Å². The van der Waals surface area contributed by atoms with E-state index >= 15 is 4.39 Å². The van der Waals surface area contributed by atoms with Gasteiger partial charge in [0.2, 0.25) is 0 Å². The topological polar surface area (TPSA) is 88.1 Å². The number of anilines is 2. The molecule has 0 saturated carbocycles. The standard InChI is InChI=1S/C28H25ClF4N2O5.C2H6/c1-39-20-13-19(14-21(15-20)40-10-2-3-25(36)37)34-26(22-7-6-18(29)12-23(22)30)27(38)35-9-8-16-4-5-17(11-24(16)35)28(31,32)33;1-2/h4-7,11-15,26,34H,2-3,8-10H2,1H3,(H,36,37);1-2H3. The van der Waals surface area contributed by atoms with Crippen LogP contribution in [0.3, 0.4) is 0 Å². The molecular weight excluding hydrogens is 580 g/mol. The molecule has 226 valence electrons. The number of carbonyl (C=O) groups is 2. The number of aliphatic carboxylic acids is 1. The summed E-state index contributed by atoms with van der Waals surface area (Å²) in [7, 11) is 1.41. The number of amides is 1. The van der Waals surface area contributed by atoms with Crippen molar-refractivity contribution in [1.82, 2.24) is 0 Å². The second-order valence-electron chi connectivity index (χ2n) is 9.07. The van der Waals surface area contributed by atoms with E-state index in [1.54, 1.807) is 6.07 Å². The lowest BCUT2D eigenvalue weighted by Gasteiger charge is -2.27. The molecule has 1 aliphatic heterocycles. The normalized spacial score (nSPS) is 13.0. The average molecular weight is 611 g/mol. The average Bonchev–Trinajstić information content (AvgIpc) is 3.38. The molecule has 3 aromatic carbocycles. The number of nitrogens with one attached hydrogen (secondary N) is 1. The van der Waals surface area contributed by atoms with Crippen molar-refractivity contribution in [2.24, 2.45) is 0 Å². The lowest BCUT2D eigenvalue weighted by atomic mass is 10.0. The van der Waals surface area contributed by atoms with Crippen molar-refractivity contribution in [3.63, 3.8) is 0 Å². The molecule has 0 spiro atoms. The van der Waals surface area contributed by atoms with Gasteiger partial charge in [0.05, 0.1) is 19.3 Å². The Morgan fingerprint density at radius 2 is 1.79 bits per heavy atom. The summed E-state index contributed by atoms with van der Waals surface area (Å²) in [6, 6.07) is 10.3. The highest BCUT2D eigenvalue weighted by molar-refractivity contribution is 6.30. The number of hydrogen-bond donors (Lipinski definition) is 2. The van der Waals surface area contributed by atoms with Crippen LogP contribution in [-0.4, -0.2) is 37.2 Å². The van der Waals surface area contributed by atoms with Gasteiger partial charge in [0.1, 0.15) is 23.4 Å². The van der Waals surface area contributed by atoms with Crippen molar-refractivity contribution in [3.8, 4) is 11.5 Å². The van der Waals surface area contributed by atoms with Crippen LogP contribution in [0.2, 0.25) is 5.02 Å². The maximum atomic E-state index is 15.1. The molecule has 0 radical (unpaired) electrons. The molecule has 12 heteroatoms. The van der Waals surface area contributed by atoms with Gasteiger partial charge in [-0.25, -0.2) is 4.39 Å². The third-order valence-corrected chi connectivity index (χ3v) is 6.56. The van der Waals surface area contributed by atoms with Crippen LogP contribution in [0.1, 0.15) is 49.4 Å². The Morgan fingerprint density at radius 1 is 1.07 bits per heavy atom. The predicted molar refractivity (Wildman–Crippen MR) is 152 cm³/mol. The van der Waals surface area contributed by atoms with Gasteiger partial charge in [0, 0.05) is 53.1 Å². The molecule has 0 aliphatic carbocycles. The van der Waals surface area contributed by atoms with Gasteiger partial charge >= 0.3 is 12.1 Å². The Morgan fingerprint density at radius 3 is 2.43 bits per heavy atom. The Balaban J connectivity index is 0.00000237. The molecular formula is C30H31ClF4N2O5. The number of ether oxygens (including phenoxy) is 2. The van der Waals surface area contributed by atoms with E-state index in [4.69, 9.17) is 26.2 Å². The fourth-order valence-electron chi connectivity index (χ4n) is 4.38. The molecule has 0 bridgehead atoms. The summed E-state index contributed by atoms with van der Waals surface area (Å²) in [4.78, 5) is 25.9. The molecule has 2 N–H and O–H groups in total. The number of carbonyl (C=O) groups excluding carboxylic acids is 1. The van der Waals surface area contributed by atoms with Crippen molar-refractivity contribution >= 4 is 34.9 Å². The zero-order chi connectivity index (χ0) is 31.0. The largest absolute Gasteiger partial charge is 0.497 e. The molecule has 1 unspecified atom stereocenters. The molecule has 1 heterocycles. The number of alkyl halides is 3. The smallest absolute Gasteiger partial charge is 0.416 e. The lowest BCUT2D eigenvalue weighted by molar-refractivity contribution is -0.138. The van der Waals surface area contributed by atoms with Crippen molar-refractivity contribution in [2.75, 3.05) is 30.5 Å². The van der Waals surface area contributed by atoms with Crippen LogP contribution in [-0.2, 0) is 22.2 Å². The lowest BCUT2D eigenvalue weighted by Crippen LogP contribution is -2.37. The monoisotopic (exact) mass is 610 g/mol. The van der Waals surface area contributed by atoms with E-state index in [1.165, 1.54) is 42.3 Å². The third kappa shape index (κ3) is 8.06. The molecule has 1 atom stereocenters. The van der Waals surface area contributed by atoms with Gasteiger partial charge < -0.3 is 24.8 Å². The molecule has 42 heavy (non-hydrogen) atoms. The van der Waals surface area contributed by atoms with Crippen LogP contribution in [0.5, 0.6) is 11.5 Å². The number of benzene rings is 3. The molecule has 0 fully saturated rings. The first-order valence-electron chi connectivity index (χ1n) is 13.2. The number of fused-ring (bicyclic) bond motifs is 1. The van der Waals surface area contributed by atoms with Crippen molar-refractivity contribution in [1.29, 1.82) is 0 Å². The molecule has 1 aliphatic rings. The number of carboxylic acids is 1. The fraction of sp³-hybridized carbons (Fsp3) is 0.333. The van der Waals surface area contributed by atoms with Crippen molar-refractivity contribution < 1.29 is 41.7 Å². The summed E-state index contributed by atoms with van der Waals surface area (Å²) in [5.74, 6) is -1.78. The van der Waals surface area contributed by atoms with Crippen LogP contribution in [0.4, 0.5) is 28.9 Å². The predicted octanol–water partition coefficient (Wildman–Crippen LogP) is 7.52. The van der Waals surface area contributed by atoms with E-state index in [2.05, 4.69) is 5.32 Å². The molecule has 3 aromatic rings. The first-order chi connectivity index (χ1) is 20.0.